The average molecular weight is 899 g/mol. The molecular weight excluding hydrogens is 857 g/mol. The van der Waals surface area contributed by atoms with Gasteiger partial charge >= 0.3 is 0 Å². The summed E-state index contributed by atoms with van der Waals surface area (Å²) in [5.74, 6) is 1.16. The molecule has 1 aliphatic heterocycles. The fraction of sp³-hybridized carbons (Fsp3) is 0. The van der Waals surface area contributed by atoms with Gasteiger partial charge in [0.2, 0.25) is 0 Å². The third-order valence-electron chi connectivity index (χ3n) is 13.8. The molecule has 0 N–H and O–H groups in total. The van der Waals surface area contributed by atoms with E-state index in [1.165, 1.54) is 80.9 Å². The zero-order valence-electron chi connectivity index (χ0n) is 37.4. The molecule has 0 amide bonds. The number of hydrogen-bond donors (Lipinski definition) is 0. The number of benzene rings is 11. The smallest absolute Gasteiger partial charge is 0.137 e. The number of aromatic nitrogens is 2. The van der Waals surface area contributed by atoms with E-state index in [0.717, 1.165) is 39.9 Å². The summed E-state index contributed by atoms with van der Waals surface area (Å²) in [5, 5.41) is 8.60. The lowest BCUT2D eigenvalue weighted by Crippen LogP contribution is -2.17. The summed E-state index contributed by atoms with van der Waals surface area (Å²) in [5.41, 5.74) is 13.8. The maximum atomic E-state index is 2.47. The Kier molecular flexibility index (Phi) is 9.11. The quantitative estimate of drug-likeness (QED) is 0.148. The third-order valence-corrected chi connectivity index (χ3v) is 15.0. The van der Waals surface area contributed by atoms with Gasteiger partial charge in [-0.05, 0) is 136 Å². The van der Waals surface area contributed by atoms with E-state index in [2.05, 4.69) is 274 Å². The first-order valence-corrected chi connectivity index (χ1v) is 24.3. The van der Waals surface area contributed by atoms with Gasteiger partial charge in [0, 0.05) is 55.2 Å². The van der Waals surface area contributed by atoms with Gasteiger partial charge in [-0.1, -0.05) is 163 Å². The van der Waals surface area contributed by atoms with Crippen LogP contribution < -0.4 is 9.80 Å². The molecule has 0 unspecified atom stereocenters. The summed E-state index contributed by atoms with van der Waals surface area (Å²) in [6.45, 7) is 0. The van der Waals surface area contributed by atoms with Gasteiger partial charge in [-0.15, -0.1) is 0 Å². The minimum absolute atomic E-state index is 1.09. The van der Waals surface area contributed by atoms with Crippen LogP contribution in [0.2, 0.25) is 0 Å². The Balaban J connectivity index is 0.885. The highest BCUT2D eigenvalue weighted by Crippen LogP contribution is 2.56. The topological polar surface area (TPSA) is 16.3 Å². The molecule has 14 rings (SSSR count). The lowest BCUT2D eigenvalue weighted by Gasteiger charge is -2.33. The Hall–Kier alpha value is -8.77. The van der Waals surface area contributed by atoms with Crippen LogP contribution in [0.15, 0.2) is 265 Å². The SMILES string of the molecule is c1ccc(-c2ccc(N(c3ccc(-n4c5ccccc5c5ccccc54)cc3)c3ccc4c(ccc5cc(N6c7ccccc7Sc7c6n(-c6ccccc6)c6ccccc76)ccc54)c3)cc2)cc1. The Labute approximate surface area is 404 Å². The highest BCUT2D eigenvalue weighted by atomic mass is 32.2. The number of para-hydroxylation sites is 5. The van der Waals surface area contributed by atoms with Crippen molar-refractivity contribution in [2.24, 2.45) is 0 Å². The minimum Gasteiger partial charge on any atom is -0.310 e. The highest BCUT2D eigenvalue weighted by molar-refractivity contribution is 8.00. The van der Waals surface area contributed by atoms with Crippen LogP contribution in [0.5, 0.6) is 0 Å². The van der Waals surface area contributed by atoms with Crippen LogP contribution in [-0.4, -0.2) is 9.13 Å². The predicted octanol–water partition coefficient (Wildman–Crippen LogP) is 18.1. The monoisotopic (exact) mass is 898 g/mol. The van der Waals surface area contributed by atoms with Crippen LogP contribution in [-0.2, 0) is 0 Å². The molecule has 0 spiro atoms. The predicted molar refractivity (Wildman–Crippen MR) is 292 cm³/mol. The summed E-state index contributed by atoms with van der Waals surface area (Å²) < 4.78 is 4.81. The molecule has 5 heteroatoms. The van der Waals surface area contributed by atoms with Gasteiger partial charge < -0.3 is 9.47 Å². The fourth-order valence-electron chi connectivity index (χ4n) is 10.7. The molecule has 2 aromatic heterocycles. The second-order valence-corrected chi connectivity index (χ2v) is 18.8. The van der Waals surface area contributed by atoms with Crippen LogP contribution in [0.25, 0.3) is 76.8 Å². The number of hydrogen-bond acceptors (Lipinski definition) is 3. The van der Waals surface area contributed by atoms with Gasteiger partial charge in [-0.3, -0.25) is 9.47 Å². The molecule has 0 atom stereocenters. The number of nitrogens with zero attached hydrogens (tertiary/aromatic N) is 4. The van der Waals surface area contributed by atoms with Gasteiger partial charge in [-0.25, -0.2) is 0 Å². The van der Waals surface area contributed by atoms with Gasteiger partial charge in [0.1, 0.15) is 5.82 Å². The van der Waals surface area contributed by atoms with Crippen molar-refractivity contribution in [2.45, 2.75) is 9.79 Å². The molecule has 0 bridgehead atoms. The maximum absolute atomic E-state index is 2.47. The van der Waals surface area contributed by atoms with Crippen molar-refractivity contribution in [3.05, 3.63) is 255 Å². The normalized spacial score (nSPS) is 12.3. The summed E-state index contributed by atoms with van der Waals surface area (Å²) >= 11 is 1.86. The first-order valence-electron chi connectivity index (χ1n) is 23.5. The van der Waals surface area contributed by atoms with Crippen LogP contribution in [0.3, 0.4) is 0 Å². The Morgan fingerprint density at radius 3 is 1.51 bits per heavy atom. The van der Waals surface area contributed by atoms with E-state index in [9.17, 15) is 0 Å². The molecule has 1 aliphatic rings. The summed E-state index contributed by atoms with van der Waals surface area (Å²) in [6, 6.07) is 92.9. The van der Waals surface area contributed by atoms with Crippen LogP contribution in [0.1, 0.15) is 0 Å². The largest absolute Gasteiger partial charge is 0.310 e. The molecule has 0 aliphatic carbocycles. The molecule has 3 heterocycles. The van der Waals surface area contributed by atoms with Crippen LogP contribution >= 0.6 is 11.8 Å². The standard InChI is InChI=1S/C64H42N4S/c1-3-15-43(16-4-1)44-29-31-48(32-30-44)65(49-33-35-50(36-34-49)66-58-22-10-7-19-55(58)56-20-8-11-23-59(56)66)51-37-39-53-45(41-51)27-28-46-42-52(38-40-54(46)53)68-61-25-13-14-26-62(61)69-63-57-21-9-12-24-60(57)67(64(63)68)47-17-5-2-6-18-47/h1-42H. The van der Waals surface area contributed by atoms with Crippen LogP contribution in [0.4, 0.5) is 34.3 Å². The van der Waals surface area contributed by atoms with Crippen molar-refractivity contribution in [1.29, 1.82) is 0 Å². The maximum Gasteiger partial charge on any atom is 0.137 e. The molecule has 0 fully saturated rings. The summed E-state index contributed by atoms with van der Waals surface area (Å²) in [7, 11) is 0. The highest BCUT2D eigenvalue weighted by Gasteiger charge is 2.32. The minimum atomic E-state index is 1.09. The first-order chi connectivity index (χ1) is 34.2. The molecule has 13 aromatic rings. The molecule has 0 saturated carbocycles. The molecule has 0 radical (unpaired) electrons. The molecule has 11 aromatic carbocycles. The lowest BCUT2D eigenvalue weighted by molar-refractivity contribution is 1.03. The summed E-state index contributed by atoms with van der Waals surface area (Å²) in [4.78, 5) is 7.36. The average Bonchev–Trinajstić information content (AvgIpc) is 3.93. The van der Waals surface area contributed by atoms with Gasteiger partial charge in [0.25, 0.3) is 0 Å². The van der Waals surface area contributed by atoms with Crippen molar-refractivity contribution in [3.8, 4) is 22.5 Å². The van der Waals surface area contributed by atoms with E-state index in [1.54, 1.807) is 0 Å². The molecule has 0 saturated heterocycles. The summed E-state index contributed by atoms with van der Waals surface area (Å²) in [6.07, 6.45) is 0. The lowest BCUT2D eigenvalue weighted by atomic mass is 10.00. The number of rotatable bonds is 7. The Morgan fingerprint density at radius 2 is 0.812 bits per heavy atom. The number of anilines is 6. The second kappa shape index (κ2) is 15.9. The van der Waals surface area contributed by atoms with Crippen LogP contribution in [0, 0.1) is 0 Å². The zero-order chi connectivity index (χ0) is 45.4. The number of fused-ring (bicyclic) bond motifs is 10. The fourth-order valence-corrected chi connectivity index (χ4v) is 11.9. The first kappa shape index (κ1) is 39.4. The zero-order valence-corrected chi connectivity index (χ0v) is 38.3. The van der Waals surface area contributed by atoms with Crippen molar-refractivity contribution in [3.63, 3.8) is 0 Å². The van der Waals surface area contributed by atoms with Crippen molar-refractivity contribution < 1.29 is 0 Å². The Morgan fingerprint density at radius 1 is 0.319 bits per heavy atom. The van der Waals surface area contributed by atoms with E-state index in [0.29, 0.717) is 0 Å². The van der Waals surface area contributed by atoms with E-state index in [4.69, 9.17) is 0 Å². The van der Waals surface area contributed by atoms with Gasteiger partial charge in [0.15, 0.2) is 0 Å². The van der Waals surface area contributed by atoms with Crippen molar-refractivity contribution in [1.82, 2.24) is 9.13 Å². The molecule has 4 nitrogen and oxygen atoms in total. The second-order valence-electron chi connectivity index (χ2n) is 17.8. The van der Waals surface area contributed by atoms with Crippen molar-refractivity contribution >= 4 is 100 Å². The molecular formula is C64H42N4S. The van der Waals surface area contributed by atoms with Gasteiger partial charge in [-0.2, -0.15) is 0 Å². The van der Waals surface area contributed by atoms with E-state index < -0.39 is 0 Å². The molecule has 69 heavy (non-hydrogen) atoms. The van der Waals surface area contributed by atoms with E-state index in [1.807, 2.05) is 11.8 Å². The van der Waals surface area contributed by atoms with Gasteiger partial charge in [0.05, 0.1) is 27.1 Å². The third kappa shape index (κ3) is 6.39. The molecule has 324 valence electrons. The van der Waals surface area contributed by atoms with Crippen molar-refractivity contribution in [2.75, 3.05) is 9.80 Å². The van der Waals surface area contributed by atoms with E-state index >= 15 is 0 Å². The van der Waals surface area contributed by atoms with E-state index in [-0.39, 0.29) is 0 Å². The Bertz CT molecular complexity index is 4040.